The van der Waals surface area contributed by atoms with Crippen molar-refractivity contribution in [3.05, 3.63) is 58.5 Å². The Labute approximate surface area is 218 Å². The van der Waals surface area contributed by atoms with Crippen LogP contribution in [0.15, 0.2) is 47.4 Å². The van der Waals surface area contributed by atoms with Gasteiger partial charge < -0.3 is 14.2 Å². The normalized spacial score (nSPS) is 14.6. The summed E-state index contributed by atoms with van der Waals surface area (Å²) in [5, 5.41) is 0. The highest BCUT2D eigenvalue weighted by Gasteiger charge is 2.31. The molecule has 0 N–H and O–H groups in total. The fraction of sp³-hybridized carbons (Fsp3) is 0.429. The van der Waals surface area contributed by atoms with Gasteiger partial charge in [0.25, 0.3) is 5.91 Å². The number of thioether (sulfide) groups is 1. The average Bonchev–Trinajstić information content (AvgIpc) is 3.14. The van der Waals surface area contributed by atoms with Crippen molar-refractivity contribution in [2.45, 2.75) is 51.9 Å². The van der Waals surface area contributed by atoms with E-state index >= 15 is 0 Å². The summed E-state index contributed by atoms with van der Waals surface area (Å²) in [5.74, 6) is 2.15. The second kappa shape index (κ2) is 14.1. The molecule has 188 valence electrons. The molecule has 0 atom stereocenters. The van der Waals surface area contributed by atoms with Gasteiger partial charge in [-0.1, -0.05) is 81.2 Å². The number of nitrogens with zero attached hydrogens (tertiary/aromatic N) is 1. The first-order valence-corrected chi connectivity index (χ1v) is 13.5. The van der Waals surface area contributed by atoms with Crippen molar-refractivity contribution in [1.29, 1.82) is 0 Å². The third-order valence-corrected chi connectivity index (χ3v) is 7.28. The molecular formula is C28H35NO4S2. The quantitative estimate of drug-likeness (QED) is 0.156. The molecule has 1 amide bonds. The number of hydrogen-bond donors (Lipinski definition) is 0. The van der Waals surface area contributed by atoms with Crippen LogP contribution in [0, 0.1) is 0 Å². The molecule has 1 aliphatic rings. The highest BCUT2D eigenvalue weighted by atomic mass is 32.2. The van der Waals surface area contributed by atoms with Gasteiger partial charge in [0.15, 0.2) is 11.5 Å². The first kappa shape index (κ1) is 27.1. The van der Waals surface area contributed by atoms with Crippen LogP contribution in [0.1, 0.15) is 56.6 Å². The third kappa shape index (κ3) is 8.00. The molecule has 3 rings (SSSR count). The lowest BCUT2D eigenvalue weighted by Gasteiger charge is -2.14. The number of methoxy groups -OCH3 is 2. The molecule has 2 aromatic carbocycles. The topological polar surface area (TPSA) is 48.0 Å². The number of thiocarbonyl (C=S) groups is 1. The van der Waals surface area contributed by atoms with Gasteiger partial charge in [-0.15, -0.1) is 0 Å². The van der Waals surface area contributed by atoms with E-state index in [1.165, 1.54) is 43.9 Å². The van der Waals surface area contributed by atoms with Crippen LogP contribution in [0.25, 0.3) is 6.08 Å². The summed E-state index contributed by atoms with van der Waals surface area (Å²) in [7, 11) is 3.28. The molecule has 0 saturated carbocycles. The Kier molecular flexibility index (Phi) is 10.9. The van der Waals surface area contributed by atoms with E-state index in [0.29, 0.717) is 28.1 Å². The predicted octanol–water partition coefficient (Wildman–Crippen LogP) is 6.89. The van der Waals surface area contributed by atoms with Crippen LogP contribution in [-0.4, -0.2) is 42.5 Å². The molecule has 1 heterocycles. The average molecular weight is 514 g/mol. The van der Waals surface area contributed by atoms with Gasteiger partial charge in [0.05, 0.1) is 25.7 Å². The van der Waals surface area contributed by atoms with Gasteiger partial charge in [-0.2, -0.15) is 0 Å². The number of ether oxygens (including phenoxy) is 3. The maximum atomic E-state index is 13.0. The van der Waals surface area contributed by atoms with Gasteiger partial charge in [0.2, 0.25) is 0 Å². The van der Waals surface area contributed by atoms with Gasteiger partial charge in [-0.25, -0.2) is 0 Å². The molecule has 1 aliphatic heterocycles. The van der Waals surface area contributed by atoms with Crippen LogP contribution < -0.4 is 14.2 Å². The standard InChI is InChI=1S/C28H35NO4S2/c1-4-5-6-7-8-9-18-33-24-15-12-22(19-25(24)32-3)20-26-27(30)29(28(34)35-26)17-16-21-10-13-23(31-2)14-11-21/h10-15,19-20H,4-9,16-18H2,1-3H3. The summed E-state index contributed by atoms with van der Waals surface area (Å²) in [6, 6.07) is 13.6. The second-order valence-corrected chi connectivity index (χ2v) is 10.1. The Balaban J connectivity index is 1.56. The minimum atomic E-state index is -0.0594. The minimum Gasteiger partial charge on any atom is -0.497 e. The molecule has 0 radical (unpaired) electrons. The Morgan fingerprint density at radius 1 is 0.943 bits per heavy atom. The molecular weight excluding hydrogens is 478 g/mol. The highest BCUT2D eigenvalue weighted by Crippen LogP contribution is 2.35. The molecule has 0 unspecified atom stereocenters. The Morgan fingerprint density at radius 2 is 1.69 bits per heavy atom. The van der Waals surface area contributed by atoms with Gasteiger partial charge in [0.1, 0.15) is 10.1 Å². The molecule has 1 fully saturated rings. The fourth-order valence-corrected chi connectivity index (χ4v) is 5.14. The molecule has 0 spiro atoms. The van der Waals surface area contributed by atoms with Crippen LogP contribution in [0.2, 0.25) is 0 Å². The van der Waals surface area contributed by atoms with Gasteiger partial charge in [0, 0.05) is 6.54 Å². The number of benzene rings is 2. The lowest BCUT2D eigenvalue weighted by molar-refractivity contribution is -0.122. The van der Waals surface area contributed by atoms with Crippen molar-refractivity contribution in [1.82, 2.24) is 4.90 Å². The Bertz CT molecular complexity index is 1020. The van der Waals surface area contributed by atoms with Crippen LogP contribution >= 0.6 is 24.0 Å². The summed E-state index contributed by atoms with van der Waals surface area (Å²) in [5.41, 5.74) is 2.01. The minimum absolute atomic E-state index is 0.0594. The van der Waals surface area contributed by atoms with E-state index in [1.807, 2.05) is 48.5 Å². The number of rotatable bonds is 14. The summed E-state index contributed by atoms with van der Waals surface area (Å²) in [6.07, 6.45) is 9.92. The van der Waals surface area contributed by atoms with E-state index in [1.54, 1.807) is 19.1 Å². The van der Waals surface area contributed by atoms with Gasteiger partial charge >= 0.3 is 0 Å². The van der Waals surface area contributed by atoms with Crippen molar-refractivity contribution in [2.75, 3.05) is 27.4 Å². The van der Waals surface area contributed by atoms with Crippen molar-refractivity contribution in [3.8, 4) is 17.2 Å². The molecule has 35 heavy (non-hydrogen) atoms. The number of carbonyl (C=O) groups is 1. The maximum absolute atomic E-state index is 13.0. The molecule has 0 bridgehead atoms. The zero-order valence-corrected chi connectivity index (χ0v) is 22.5. The number of hydrogen-bond acceptors (Lipinski definition) is 6. The largest absolute Gasteiger partial charge is 0.497 e. The van der Waals surface area contributed by atoms with Crippen LogP contribution in [0.3, 0.4) is 0 Å². The smallest absolute Gasteiger partial charge is 0.266 e. The summed E-state index contributed by atoms with van der Waals surface area (Å²) < 4.78 is 17.3. The van der Waals surface area contributed by atoms with Crippen LogP contribution in [0.4, 0.5) is 0 Å². The number of amides is 1. The van der Waals surface area contributed by atoms with E-state index < -0.39 is 0 Å². The van der Waals surface area contributed by atoms with Crippen LogP contribution in [-0.2, 0) is 11.2 Å². The van der Waals surface area contributed by atoms with Crippen molar-refractivity contribution in [2.24, 2.45) is 0 Å². The third-order valence-electron chi connectivity index (χ3n) is 5.90. The second-order valence-electron chi connectivity index (χ2n) is 8.46. The SMILES string of the molecule is CCCCCCCCOc1ccc(C=C2SC(=S)N(CCc3ccc(OC)cc3)C2=O)cc1OC. The predicted molar refractivity (Wildman–Crippen MR) is 148 cm³/mol. The monoisotopic (exact) mass is 513 g/mol. The van der Waals surface area contributed by atoms with E-state index in [0.717, 1.165) is 35.5 Å². The molecule has 1 saturated heterocycles. The van der Waals surface area contributed by atoms with Crippen molar-refractivity contribution < 1.29 is 19.0 Å². The van der Waals surface area contributed by atoms with Gasteiger partial charge in [-0.05, 0) is 54.3 Å². The molecule has 5 nitrogen and oxygen atoms in total. The zero-order valence-electron chi connectivity index (χ0n) is 20.9. The highest BCUT2D eigenvalue weighted by molar-refractivity contribution is 8.26. The van der Waals surface area contributed by atoms with Crippen molar-refractivity contribution in [3.63, 3.8) is 0 Å². The summed E-state index contributed by atoms with van der Waals surface area (Å²) >= 11 is 6.83. The molecule has 7 heteroatoms. The first-order chi connectivity index (χ1) is 17.0. The van der Waals surface area contributed by atoms with E-state index in [2.05, 4.69) is 6.92 Å². The fourth-order valence-electron chi connectivity index (χ4n) is 3.83. The summed E-state index contributed by atoms with van der Waals surface area (Å²) in [4.78, 5) is 15.3. The Morgan fingerprint density at radius 3 is 2.40 bits per heavy atom. The lowest BCUT2D eigenvalue weighted by Crippen LogP contribution is -2.30. The Hall–Kier alpha value is -2.51. The van der Waals surface area contributed by atoms with Crippen LogP contribution in [0.5, 0.6) is 17.2 Å². The first-order valence-electron chi connectivity index (χ1n) is 12.2. The van der Waals surface area contributed by atoms with Gasteiger partial charge in [-0.3, -0.25) is 9.69 Å². The van der Waals surface area contributed by atoms with E-state index in [4.69, 9.17) is 26.4 Å². The zero-order chi connectivity index (χ0) is 25.0. The summed E-state index contributed by atoms with van der Waals surface area (Å²) in [6.45, 7) is 3.45. The molecule has 0 aromatic heterocycles. The molecule has 0 aliphatic carbocycles. The molecule has 2 aromatic rings. The maximum Gasteiger partial charge on any atom is 0.266 e. The number of carbonyl (C=O) groups excluding carboxylic acids is 1. The number of unbranched alkanes of at least 4 members (excludes halogenated alkanes) is 5. The van der Waals surface area contributed by atoms with E-state index in [-0.39, 0.29) is 5.91 Å². The lowest BCUT2D eigenvalue weighted by atomic mass is 10.1. The van der Waals surface area contributed by atoms with E-state index in [9.17, 15) is 4.79 Å². The van der Waals surface area contributed by atoms with Crippen molar-refractivity contribution >= 4 is 40.3 Å².